The summed E-state index contributed by atoms with van der Waals surface area (Å²) in [6, 6.07) is 10.6. The van der Waals surface area contributed by atoms with Crippen LogP contribution in [0.15, 0.2) is 30.3 Å². The second-order valence-corrected chi connectivity index (χ2v) is 5.38. The Morgan fingerprint density at radius 1 is 1.36 bits per heavy atom. The predicted octanol–water partition coefficient (Wildman–Crippen LogP) is 3.10. The van der Waals surface area contributed by atoms with Gasteiger partial charge in [0.25, 0.3) is 0 Å². The maximum atomic E-state index is 5.73. The van der Waals surface area contributed by atoms with Gasteiger partial charge in [-0.3, -0.25) is 0 Å². The second-order valence-electron chi connectivity index (χ2n) is 3.82. The molecule has 1 aromatic rings. The van der Waals surface area contributed by atoms with E-state index in [1.807, 2.05) is 11.8 Å². The van der Waals surface area contributed by atoms with E-state index < -0.39 is 0 Å². The Morgan fingerprint density at radius 3 is 2.79 bits per heavy atom. The summed E-state index contributed by atoms with van der Waals surface area (Å²) < 4.78 is 5.73. The molecule has 1 heterocycles. The molecular formula is C12H16OS. The van der Waals surface area contributed by atoms with E-state index in [1.54, 1.807) is 0 Å². The van der Waals surface area contributed by atoms with E-state index in [0.717, 1.165) is 25.2 Å². The lowest BCUT2D eigenvalue weighted by Gasteiger charge is -2.21. The van der Waals surface area contributed by atoms with Gasteiger partial charge in [0.05, 0.1) is 6.61 Å². The molecule has 0 amide bonds. The van der Waals surface area contributed by atoms with Crippen LogP contribution in [0, 0.1) is 0 Å². The molecule has 1 atom stereocenters. The first-order valence-corrected chi connectivity index (χ1v) is 6.09. The fourth-order valence-electron chi connectivity index (χ4n) is 1.72. The smallest absolute Gasteiger partial charge is 0.111 e. The van der Waals surface area contributed by atoms with Crippen LogP contribution in [0.25, 0.3) is 0 Å². The van der Waals surface area contributed by atoms with Crippen LogP contribution in [0.5, 0.6) is 0 Å². The summed E-state index contributed by atoms with van der Waals surface area (Å²) in [5, 5.41) is 0. The molecule has 1 saturated heterocycles. The maximum absolute atomic E-state index is 5.73. The normalized spacial score (nSPS) is 26.6. The van der Waals surface area contributed by atoms with E-state index in [2.05, 4.69) is 37.3 Å². The predicted molar refractivity (Wildman–Crippen MR) is 61.6 cm³/mol. The van der Waals surface area contributed by atoms with Crippen molar-refractivity contribution in [2.45, 2.75) is 24.7 Å². The third-order valence-corrected chi connectivity index (χ3v) is 3.91. The second kappa shape index (κ2) is 4.37. The monoisotopic (exact) mass is 208 g/mol. The van der Waals surface area contributed by atoms with E-state index in [4.69, 9.17) is 4.74 Å². The molecule has 2 rings (SSSR count). The van der Waals surface area contributed by atoms with Gasteiger partial charge in [0.1, 0.15) is 4.93 Å². The van der Waals surface area contributed by atoms with Gasteiger partial charge in [-0.25, -0.2) is 0 Å². The highest BCUT2D eigenvalue weighted by Gasteiger charge is 2.29. The SMILES string of the molecule is CC1(CCc2ccccc2)OCCS1. The van der Waals surface area contributed by atoms with E-state index in [1.165, 1.54) is 5.56 Å². The Balaban J connectivity index is 1.88. The molecule has 76 valence electrons. The fourth-order valence-corrected chi connectivity index (χ4v) is 2.73. The van der Waals surface area contributed by atoms with Crippen LogP contribution in [0.1, 0.15) is 18.9 Å². The van der Waals surface area contributed by atoms with Crippen LogP contribution in [0.3, 0.4) is 0 Å². The van der Waals surface area contributed by atoms with Gasteiger partial charge in [-0.1, -0.05) is 30.3 Å². The van der Waals surface area contributed by atoms with Crippen molar-refractivity contribution in [1.29, 1.82) is 0 Å². The number of hydrogen-bond donors (Lipinski definition) is 0. The minimum Gasteiger partial charge on any atom is -0.364 e. The van der Waals surface area contributed by atoms with Crippen LogP contribution in [-0.2, 0) is 11.2 Å². The van der Waals surface area contributed by atoms with Crippen LogP contribution >= 0.6 is 11.8 Å². The maximum Gasteiger partial charge on any atom is 0.111 e. The lowest BCUT2D eigenvalue weighted by atomic mass is 10.1. The molecule has 1 unspecified atom stereocenters. The topological polar surface area (TPSA) is 9.23 Å². The van der Waals surface area contributed by atoms with Crippen LogP contribution < -0.4 is 0 Å². The molecule has 1 aliphatic rings. The molecule has 0 aliphatic carbocycles. The van der Waals surface area contributed by atoms with Crippen molar-refractivity contribution in [3.8, 4) is 0 Å². The summed E-state index contributed by atoms with van der Waals surface area (Å²) >= 11 is 1.94. The Kier molecular flexibility index (Phi) is 3.14. The van der Waals surface area contributed by atoms with Gasteiger partial charge in [-0.2, -0.15) is 0 Å². The molecule has 1 aromatic carbocycles. The molecule has 0 bridgehead atoms. The zero-order chi connectivity index (χ0) is 9.86. The average molecular weight is 208 g/mol. The molecule has 1 fully saturated rings. The summed E-state index contributed by atoms with van der Waals surface area (Å²) in [7, 11) is 0. The molecule has 1 nitrogen and oxygen atoms in total. The summed E-state index contributed by atoms with van der Waals surface area (Å²) in [5.41, 5.74) is 1.41. The van der Waals surface area contributed by atoms with Crippen molar-refractivity contribution in [3.05, 3.63) is 35.9 Å². The van der Waals surface area contributed by atoms with Crippen molar-refractivity contribution >= 4 is 11.8 Å². The van der Waals surface area contributed by atoms with Crippen molar-refractivity contribution in [3.63, 3.8) is 0 Å². The van der Waals surface area contributed by atoms with Gasteiger partial charge in [0.2, 0.25) is 0 Å². The Morgan fingerprint density at radius 2 is 2.14 bits per heavy atom. The third kappa shape index (κ3) is 2.52. The first kappa shape index (κ1) is 10.1. The van der Waals surface area contributed by atoms with Gasteiger partial charge in [-0.15, -0.1) is 11.8 Å². The number of rotatable bonds is 3. The van der Waals surface area contributed by atoms with Crippen LogP contribution in [-0.4, -0.2) is 17.3 Å². The summed E-state index contributed by atoms with van der Waals surface area (Å²) in [5.74, 6) is 1.14. The minimum absolute atomic E-state index is 0.0653. The standard InChI is InChI=1S/C12H16OS/c1-12(13-9-10-14-12)8-7-11-5-3-2-4-6-11/h2-6H,7-10H2,1H3. The highest BCUT2D eigenvalue weighted by atomic mass is 32.2. The minimum atomic E-state index is 0.0653. The van der Waals surface area contributed by atoms with Gasteiger partial charge >= 0.3 is 0 Å². The van der Waals surface area contributed by atoms with Crippen molar-refractivity contribution < 1.29 is 4.74 Å². The average Bonchev–Trinajstić information content (AvgIpc) is 2.65. The van der Waals surface area contributed by atoms with Crippen LogP contribution in [0.4, 0.5) is 0 Å². The van der Waals surface area contributed by atoms with Gasteiger partial charge < -0.3 is 4.74 Å². The number of ether oxygens (including phenoxy) is 1. The molecule has 0 saturated carbocycles. The Hall–Kier alpha value is -0.470. The zero-order valence-electron chi connectivity index (χ0n) is 8.53. The molecule has 14 heavy (non-hydrogen) atoms. The summed E-state index contributed by atoms with van der Waals surface area (Å²) in [6.07, 6.45) is 2.23. The van der Waals surface area contributed by atoms with Crippen molar-refractivity contribution in [2.75, 3.05) is 12.4 Å². The van der Waals surface area contributed by atoms with Crippen molar-refractivity contribution in [1.82, 2.24) is 0 Å². The number of benzene rings is 1. The molecule has 2 heteroatoms. The van der Waals surface area contributed by atoms with Gasteiger partial charge in [-0.05, 0) is 25.3 Å². The highest BCUT2D eigenvalue weighted by molar-refractivity contribution is 8.00. The molecular weight excluding hydrogens is 192 g/mol. The molecule has 1 aliphatic heterocycles. The first-order valence-electron chi connectivity index (χ1n) is 5.10. The fraction of sp³-hybridized carbons (Fsp3) is 0.500. The lowest BCUT2D eigenvalue weighted by Crippen LogP contribution is -2.19. The Labute approximate surface area is 89.9 Å². The molecule has 0 N–H and O–H groups in total. The highest BCUT2D eigenvalue weighted by Crippen LogP contribution is 2.36. The van der Waals surface area contributed by atoms with E-state index in [-0.39, 0.29) is 4.93 Å². The molecule has 0 radical (unpaired) electrons. The third-order valence-electron chi connectivity index (χ3n) is 2.61. The quantitative estimate of drug-likeness (QED) is 0.755. The number of thioether (sulfide) groups is 1. The first-order chi connectivity index (χ1) is 6.79. The van der Waals surface area contributed by atoms with Gasteiger partial charge in [0.15, 0.2) is 0 Å². The summed E-state index contributed by atoms with van der Waals surface area (Å²) in [4.78, 5) is 0.0653. The molecule has 0 spiro atoms. The van der Waals surface area contributed by atoms with E-state index >= 15 is 0 Å². The van der Waals surface area contributed by atoms with Gasteiger partial charge in [0, 0.05) is 5.75 Å². The van der Waals surface area contributed by atoms with Crippen molar-refractivity contribution in [2.24, 2.45) is 0 Å². The van der Waals surface area contributed by atoms with E-state index in [9.17, 15) is 0 Å². The lowest BCUT2D eigenvalue weighted by molar-refractivity contribution is 0.0598. The number of aryl methyl sites for hydroxylation is 1. The van der Waals surface area contributed by atoms with E-state index in [0.29, 0.717) is 0 Å². The molecule has 0 aromatic heterocycles. The Bertz CT molecular complexity index is 278. The number of hydrogen-bond acceptors (Lipinski definition) is 2. The zero-order valence-corrected chi connectivity index (χ0v) is 9.35. The van der Waals surface area contributed by atoms with Crippen LogP contribution in [0.2, 0.25) is 0 Å². The largest absolute Gasteiger partial charge is 0.364 e. The summed E-state index contributed by atoms with van der Waals surface area (Å²) in [6.45, 7) is 3.11.